The van der Waals surface area contributed by atoms with Crippen LogP contribution in [-0.4, -0.2) is 62.5 Å². The number of oxime groups is 1. The van der Waals surface area contributed by atoms with Crippen molar-refractivity contribution in [1.82, 2.24) is 29.0 Å². The number of hydrogen-bond acceptors (Lipinski definition) is 7. The number of hydrogen-bond donors (Lipinski definition) is 0. The zero-order valence-corrected chi connectivity index (χ0v) is 19.5. The summed E-state index contributed by atoms with van der Waals surface area (Å²) in [5.74, 6) is 1.36. The van der Waals surface area contributed by atoms with Crippen molar-refractivity contribution < 1.29 is 9.57 Å². The molecule has 0 fully saturated rings. The number of aryl methyl sites for hydroxylation is 1. The Morgan fingerprint density at radius 2 is 1.88 bits per heavy atom. The first-order valence-corrected chi connectivity index (χ1v) is 10.5. The summed E-state index contributed by atoms with van der Waals surface area (Å²) in [4.78, 5) is 17.1. The number of benzene rings is 1. The molecule has 0 radical (unpaired) electrons. The summed E-state index contributed by atoms with van der Waals surface area (Å²) in [6, 6.07) is 7.67. The maximum absolute atomic E-state index is 5.55. The Balaban J connectivity index is 1.56. The lowest BCUT2D eigenvalue weighted by molar-refractivity contribution is 0.125. The minimum Gasteiger partial charge on any atom is -0.497 e. The molecule has 0 aliphatic heterocycles. The molecule has 0 saturated heterocycles. The third-order valence-corrected chi connectivity index (χ3v) is 5.66. The van der Waals surface area contributed by atoms with Crippen molar-refractivity contribution in [2.45, 2.75) is 33.9 Å². The molecule has 0 spiro atoms. The minimum atomic E-state index is 0.177. The highest BCUT2D eigenvalue weighted by Crippen LogP contribution is 2.26. The normalized spacial score (nSPS) is 12.3. The first-order valence-electron chi connectivity index (χ1n) is 10.5. The van der Waals surface area contributed by atoms with Gasteiger partial charge in [0.15, 0.2) is 18.1 Å². The van der Waals surface area contributed by atoms with Gasteiger partial charge in [-0.05, 0) is 70.3 Å². The molecule has 9 nitrogen and oxygen atoms in total. The van der Waals surface area contributed by atoms with Gasteiger partial charge in [0.2, 0.25) is 0 Å². The van der Waals surface area contributed by atoms with Gasteiger partial charge in [-0.1, -0.05) is 5.16 Å². The highest BCUT2D eigenvalue weighted by atomic mass is 16.6. The number of fused-ring (bicyclic) bond motifs is 3. The molecule has 9 heteroatoms. The maximum atomic E-state index is 5.55. The van der Waals surface area contributed by atoms with Gasteiger partial charge in [0.25, 0.3) is 0 Å². The van der Waals surface area contributed by atoms with Gasteiger partial charge in [-0.15, -0.1) is 5.10 Å². The summed E-state index contributed by atoms with van der Waals surface area (Å²) < 4.78 is 9.15. The van der Waals surface area contributed by atoms with Crippen molar-refractivity contribution in [3.63, 3.8) is 0 Å². The minimum absolute atomic E-state index is 0.177. The van der Waals surface area contributed by atoms with Gasteiger partial charge >= 0.3 is 0 Å². The number of rotatable bonds is 8. The van der Waals surface area contributed by atoms with Crippen LogP contribution in [0.25, 0.3) is 16.7 Å². The fourth-order valence-corrected chi connectivity index (χ4v) is 3.68. The van der Waals surface area contributed by atoms with Crippen LogP contribution < -0.4 is 4.74 Å². The third kappa shape index (κ3) is 4.16. The van der Waals surface area contributed by atoms with Crippen LogP contribution >= 0.6 is 0 Å². The number of aromatic nitrogens is 5. The van der Waals surface area contributed by atoms with Crippen LogP contribution in [0.3, 0.4) is 0 Å². The van der Waals surface area contributed by atoms with Gasteiger partial charge in [-0.3, -0.25) is 0 Å². The second kappa shape index (κ2) is 8.96. The third-order valence-electron chi connectivity index (χ3n) is 5.66. The van der Waals surface area contributed by atoms with Gasteiger partial charge in [-0.2, -0.15) is 0 Å². The number of ether oxygens (including phenoxy) is 1. The van der Waals surface area contributed by atoms with Gasteiger partial charge in [-0.25, -0.2) is 14.5 Å². The van der Waals surface area contributed by atoms with Gasteiger partial charge in [0.1, 0.15) is 17.7 Å². The van der Waals surface area contributed by atoms with Gasteiger partial charge in [0.05, 0.1) is 18.2 Å². The molecule has 3 heterocycles. The fourth-order valence-electron chi connectivity index (χ4n) is 3.68. The summed E-state index contributed by atoms with van der Waals surface area (Å²) in [6.45, 7) is 8.12. The summed E-state index contributed by atoms with van der Waals surface area (Å²) >= 11 is 0. The molecule has 0 unspecified atom stereocenters. The SMILES string of the molecule is COc1ccc(C(C)=NOCc2nc3c4c(C)c(C)n(CCN(C)C)c4ncn3n2)cc1. The van der Waals surface area contributed by atoms with E-state index in [4.69, 9.17) is 14.6 Å². The van der Waals surface area contributed by atoms with Crippen molar-refractivity contribution in [2.75, 3.05) is 27.7 Å². The molecule has 0 amide bonds. The Hall–Kier alpha value is -3.46. The standard InChI is InChI=1S/C23H29N7O2/c1-15-17(3)29(12-11-28(4)5)22-21(15)23-25-20(26-30(23)14-24-22)13-32-27-16(2)18-7-9-19(31-6)10-8-18/h7-10,14H,11-13H2,1-6H3. The van der Waals surface area contributed by atoms with Crippen LogP contribution in [-0.2, 0) is 18.0 Å². The average Bonchev–Trinajstić information content (AvgIpc) is 3.30. The molecule has 4 rings (SSSR count). The van der Waals surface area contributed by atoms with Crippen molar-refractivity contribution in [1.29, 1.82) is 0 Å². The monoisotopic (exact) mass is 435 g/mol. The second-order valence-corrected chi connectivity index (χ2v) is 8.08. The molecule has 1 aromatic carbocycles. The molecule has 32 heavy (non-hydrogen) atoms. The Labute approximate surface area is 187 Å². The molecule has 0 N–H and O–H groups in total. The zero-order chi connectivity index (χ0) is 22.8. The van der Waals surface area contributed by atoms with Crippen molar-refractivity contribution in [3.05, 3.63) is 53.2 Å². The molecule has 168 valence electrons. The highest BCUT2D eigenvalue weighted by molar-refractivity contribution is 5.98. The van der Waals surface area contributed by atoms with Crippen molar-refractivity contribution >= 4 is 22.4 Å². The Morgan fingerprint density at radius 3 is 2.56 bits per heavy atom. The van der Waals surface area contributed by atoms with E-state index >= 15 is 0 Å². The van der Waals surface area contributed by atoms with Gasteiger partial charge in [0, 0.05) is 18.8 Å². The first kappa shape index (κ1) is 21.8. The second-order valence-electron chi connectivity index (χ2n) is 8.08. The topological polar surface area (TPSA) is 82.1 Å². The lowest BCUT2D eigenvalue weighted by Crippen LogP contribution is -2.19. The Bertz CT molecular complexity index is 1270. The summed E-state index contributed by atoms with van der Waals surface area (Å²) in [5, 5.41) is 9.77. The Morgan fingerprint density at radius 1 is 1.12 bits per heavy atom. The zero-order valence-electron chi connectivity index (χ0n) is 19.5. The van der Waals surface area contributed by atoms with Crippen LogP contribution in [0.5, 0.6) is 5.75 Å². The van der Waals surface area contributed by atoms with Crippen LogP contribution in [0.2, 0.25) is 0 Å². The molecule has 4 aromatic rings. The number of methoxy groups -OCH3 is 1. The van der Waals surface area contributed by atoms with Crippen LogP contribution in [0, 0.1) is 13.8 Å². The van der Waals surface area contributed by atoms with Crippen LogP contribution in [0.15, 0.2) is 35.7 Å². The lowest BCUT2D eigenvalue weighted by atomic mass is 10.1. The molecular weight excluding hydrogens is 406 g/mol. The molecule has 3 aromatic heterocycles. The summed E-state index contributed by atoms with van der Waals surface area (Å²) in [6.07, 6.45) is 1.71. The quantitative estimate of drug-likeness (QED) is 0.312. The van der Waals surface area contributed by atoms with E-state index in [-0.39, 0.29) is 6.61 Å². The van der Waals surface area contributed by atoms with E-state index in [2.05, 4.69) is 52.6 Å². The lowest BCUT2D eigenvalue weighted by Gasteiger charge is -2.12. The van der Waals surface area contributed by atoms with E-state index in [1.165, 1.54) is 11.3 Å². The van der Waals surface area contributed by atoms with E-state index < -0.39 is 0 Å². The largest absolute Gasteiger partial charge is 0.497 e. The molecule has 0 aliphatic carbocycles. The van der Waals surface area contributed by atoms with Crippen molar-refractivity contribution in [2.24, 2.45) is 5.16 Å². The Kier molecular flexibility index (Phi) is 6.09. The molecule has 0 bridgehead atoms. The fraction of sp³-hybridized carbons (Fsp3) is 0.391. The van der Waals surface area contributed by atoms with E-state index in [0.717, 1.165) is 46.8 Å². The van der Waals surface area contributed by atoms with E-state index in [1.807, 2.05) is 31.2 Å². The summed E-state index contributed by atoms with van der Waals surface area (Å²) in [5.41, 5.74) is 5.82. The maximum Gasteiger partial charge on any atom is 0.192 e. The first-order chi connectivity index (χ1) is 15.4. The van der Waals surface area contributed by atoms with Crippen LogP contribution in [0.4, 0.5) is 0 Å². The molecule has 0 atom stereocenters. The average molecular weight is 436 g/mol. The smallest absolute Gasteiger partial charge is 0.192 e. The predicted octanol–water partition coefficient (Wildman–Crippen LogP) is 3.21. The number of likely N-dealkylation sites (N-methyl/N-ethyl adjacent to an activating group) is 1. The predicted molar refractivity (Wildman–Crippen MR) is 124 cm³/mol. The highest BCUT2D eigenvalue weighted by Gasteiger charge is 2.18. The summed E-state index contributed by atoms with van der Waals surface area (Å²) in [7, 11) is 5.79. The number of nitrogens with zero attached hydrogens (tertiary/aromatic N) is 7. The van der Waals surface area contributed by atoms with E-state index in [9.17, 15) is 0 Å². The van der Waals surface area contributed by atoms with E-state index in [1.54, 1.807) is 18.0 Å². The molecule has 0 saturated carbocycles. The van der Waals surface area contributed by atoms with Crippen LogP contribution in [0.1, 0.15) is 29.6 Å². The van der Waals surface area contributed by atoms with Crippen molar-refractivity contribution in [3.8, 4) is 5.75 Å². The van der Waals surface area contributed by atoms with E-state index in [0.29, 0.717) is 5.82 Å². The molecule has 0 aliphatic rings. The molecular formula is C23H29N7O2. The van der Waals surface area contributed by atoms with Gasteiger partial charge < -0.3 is 19.0 Å².